The molecule has 13 heavy (non-hydrogen) atoms. The van der Waals surface area contributed by atoms with Gasteiger partial charge in [0.05, 0.1) is 6.04 Å². The first kappa shape index (κ1) is 8.81. The van der Waals surface area contributed by atoms with Gasteiger partial charge < -0.3 is 10.9 Å². The maximum atomic E-state index is 8.57. The van der Waals surface area contributed by atoms with Crippen LogP contribution in [-0.4, -0.2) is 34.6 Å². The monoisotopic (exact) mass is 183 g/mol. The van der Waals surface area contributed by atoms with Crippen LogP contribution in [0.3, 0.4) is 0 Å². The minimum absolute atomic E-state index is 0.0975. The second-order valence-corrected chi connectivity index (χ2v) is 4.23. The third-order valence-electron chi connectivity index (χ3n) is 3.49. The Labute approximate surface area is 78.4 Å². The highest BCUT2D eigenvalue weighted by molar-refractivity contribution is 5.84. The molecular formula is C9H17N3O. The highest BCUT2D eigenvalue weighted by Gasteiger charge is 2.40. The molecule has 1 saturated heterocycles. The molecule has 74 valence electrons. The molecule has 2 bridgehead atoms. The van der Waals surface area contributed by atoms with E-state index in [9.17, 15) is 0 Å². The largest absolute Gasteiger partial charge is 0.409 e. The number of hydrogen-bond donors (Lipinski definition) is 2. The average Bonchev–Trinajstić information content (AvgIpc) is 2.76. The molecule has 4 heteroatoms. The van der Waals surface area contributed by atoms with Gasteiger partial charge in [0.2, 0.25) is 0 Å². The van der Waals surface area contributed by atoms with Crippen LogP contribution in [0.1, 0.15) is 26.2 Å². The third-order valence-corrected chi connectivity index (χ3v) is 3.49. The molecule has 0 amide bonds. The first-order valence-electron chi connectivity index (χ1n) is 4.95. The molecule has 1 saturated carbocycles. The van der Waals surface area contributed by atoms with Crippen molar-refractivity contribution in [3.05, 3.63) is 0 Å². The van der Waals surface area contributed by atoms with Gasteiger partial charge in [0.15, 0.2) is 5.84 Å². The Balaban J connectivity index is 2.02. The van der Waals surface area contributed by atoms with Crippen LogP contribution in [0.15, 0.2) is 5.16 Å². The van der Waals surface area contributed by atoms with Crippen molar-refractivity contribution < 1.29 is 5.21 Å². The third kappa shape index (κ3) is 1.39. The first-order chi connectivity index (χ1) is 6.22. The molecular weight excluding hydrogens is 166 g/mol. The molecule has 0 aromatic rings. The zero-order valence-electron chi connectivity index (χ0n) is 7.98. The number of fused-ring (bicyclic) bond motifs is 2. The van der Waals surface area contributed by atoms with Crippen LogP contribution in [0.25, 0.3) is 0 Å². The van der Waals surface area contributed by atoms with Crippen LogP contribution in [0, 0.1) is 5.92 Å². The lowest BCUT2D eigenvalue weighted by Gasteiger charge is -2.31. The lowest BCUT2D eigenvalue weighted by molar-refractivity contribution is 0.191. The van der Waals surface area contributed by atoms with Gasteiger partial charge in [-0.25, -0.2) is 0 Å². The fourth-order valence-corrected chi connectivity index (χ4v) is 2.69. The second-order valence-electron chi connectivity index (χ2n) is 4.23. The summed E-state index contributed by atoms with van der Waals surface area (Å²) in [5, 5.41) is 11.6. The highest BCUT2D eigenvalue weighted by Crippen LogP contribution is 2.38. The van der Waals surface area contributed by atoms with Crippen molar-refractivity contribution in [1.82, 2.24) is 4.90 Å². The number of nitrogens with zero attached hydrogens (tertiary/aromatic N) is 2. The summed E-state index contributed by atoms with van der Waals surface area (Å²) >= 11 is 0. The van der Waals surface area contributed by atoms with E-state index >= 15 is 0 Å². The van der Waals surface area contributed by atoms with Gasteiger partial charge in [-0.2, -0.15) is 0 Å². The Morgan fingerprint density at radius 3 is 2.85 bits per heavy atom. The number of likely N-dealkylation sites (tertiary alicyclic amines) is 1. The number of oxime groups is 1. The van der Waals surface area contributed by atoms with E-state index < -0.39 is 0 Å². The van der Waals surface area contributed by atoms with Crippen LogP contribution < -0.4 is 5.73 Å². The van der Waals surface area contributed by atoms with Crippen LogP contribution >= 0.6 is 0 Å². The first-order valence-corrected chi connectivity index (χ1v) is 4.95. The number of nitrogens with two attached hydrogens (primary N) is 1. The normalized spacial score (nSPS) is 36.8. The maximum Gasteiger partial charge on any atom is 0.156 e. The van der Waals surface area contributed by atoms with E-state index in [-0.39, 0.29) is 6.04 Å². The van der Waals surface area contributed by atoms with Gasteiger partial charge in [0.25, 0.3) is 0 Å². The minimum atomic E-state index is 0.0975. The fraction of sp³-hybridized carbons (Fsp3) is 0.889. The minimum Gasteiger partial charge on any atom is -0.409 e. The van der Waals surface area contributed by atoms with E-state index in [0.29, 0.717) is 11.9 Å². The summed E-state index contributed by atoms with van der Waals surface area (Å²) in [4.78, 5) is 2.36. The summed E-state index contributed by atoms with van der Waals surface area (Å²) in [7, 11) is 0. The standard InChI is InChI=1S/C9H17N3O/c1-6(9(10)11-13)12-5-7-2-3-8(12)4-7/h6-8,13H,2-5H2,1H3,(H2,10,11). The van der Waals surface area contributed by atoms with Crippen molar-refractivity contribution in [2.75, 3.05) is 6.54 Å². The summed E-state index contributed by atoms with van der Waals surface area (Å²) in [6, 6.07) is 0.778. The van der Waals surface area contributed by atoms with Gasteiger partial charge in [0, 0.05) is 12.6 Å². The molecule has 0 aromatic carbocycles. The molecule has 2 fully saturated rings. The summed E-state index contributed by atoms with van der Waals surface area (Å²) in [6.45, 7) is 3.14. The summed E-state index contributed by atoms with van der Waals surface area (Å²) < 4.78 is 0. The summed E-state index contributed by atoms with van der Waals surface area (Å²) in [5.74, 6) is 1.20. The van der Waals surface area contributed by atoms with Crippen molar-refractivity contribution in [3.63, 3.8) is 0 Å². The van der Waals surface area contributed by atoms with Crippen LogP contribution in [0.2, 0.25) is 0 Å². The van der Waals surface area contributed by atoms with Crippen molar-refractivity contribution in [1.29, 1.82) is 0 Å². The van der Waals surface area contributed by atoms with Crippen molar-refractivity contribution in [3.8, 4) is 0 Å². The molecule has 0 radical (unpaired) electrons. The topological polar surface area (TPSA) is 61.9 Å². The Bertz CT molecular complexity index is 229. The molecule has 3 atom stereocenters. The van der Waals surface area contributed by atoms with Crippen LogP contribution in [0.4, 0.5) is 0 Å². The van der Waals surface area contributed by atoms with E-state index in [4.69, 9.17) is 10.9 Å². The van der Waals surface area contributed by atoms with Gasteiger partial charge in [0.1, 0.15) is 0 Å². The molecule has 0 aromatic heterocycles. The maximum absolute atomic E-state index is 8.57. The zero-order valence-corrected chi connectivity index (χ0v) is 7.98. The predicted octanol–water partition coefficient (Wildman–Crippen LogP) is 0.606. The molecule has 3 unspecified atom stereocenters. The van der Waals surface area contributed by atoms with E-state index in [0.717, 1.165) is 12.5 Å². The van der Waals surface area contributed by atoms with Crippen LogP contribution in [-0.2, 0) is 0 Å². The number of amidine groups is 1. The lowest BCUT2D eigenvalue weighted by Crippen LogP contribution is -2.46. The molecule has 4 nitrogen and oxygen atoms in total. The van der Waals surface area contributed by atoms with Gasteiger partial charge in [-0.15, -0.1) is 0 Å². The number of rotatable bonds is 2. The summed E-state index contributed by atoms with van der Waals surface area (Å²) in [5.41, 5.74) is 5.59. The van der Waals surface area contributed by atoms with E-state index in [1.54, 1.807) is 0 Å². The van der Waals surface area contributed by atoms with Gasteiger partial charge >= 0.3 is 0 Å². The second kappa shape index (κ2) is 3.18. The quantitative estimate of drug-likeness (QED) is 0.285. The SMILES string of the molecule is CC(C(N)=NO)N1CC2CCC1C2. The Morgan fingerprint density at radius 2 is 2.38 bits per heavy atom. The fourth-order valence-electron chi connectivity index (χ4n) is 2.69. The van der Waals surface area contributed by atoms with E-state index in [2.05, 4.69) is 10.1 Å². The molecule has 0 spiro atoms. The number of piperidine rings is 1. The Kier molecular flexibility index (Phi) is 2.15. The van der Waals surface area contributed by atoms with Crippen molar-refractivity contribution in [2.24, 2.45) is 16.8 Å². The Hall–Kier alpha value is -0.770. The highest BCUT2D eigenvalue weighted by atomic mass is 16.4. The Morgan fingerprint density at radius 1 is 1.62 bits per heavy atom. The smallest absolute Gasteiger partial charge is 0.156 e. The molecule has 3 N–H and O–H groups in total. The van der Waals surface area contributed by atoms with E-state index in [1.807, 2.05) is 6.92 Å². The molecule has 1 aliphatic carbocycles. The molecule has 2 aliphatic rings. The molecule has 2 rings (SSSR count). The van der Waals surface area contributed by atoms with Gasteiger partial charge in [-0.1, -0.05) is 5.16 Å². The van der Waals surface area contributed by atoms with E-state index in [1.165, 1.54) is 19.3 Å². The van der Waals surface area contributed by atoms with Gasteiger partial charge in [-0.3, -0.25) is 4.90 Å². The molecule has 1 aliphatic heterocycles. The summed E-state index contributed by atoms with van der Waals surface area (Å²) in [6.07, 6.45) is 3.96. The van der Waals surface area contributed by atoms with Gasteiger partial charge in [-0.05, 0) is 32.1 Å². The van der Waals surface area contributed by atoms with Crippen molar-refractivity contribution in [2.45, 2.75) is 38.3 Å². The predicted molar refractivity (Wildman–Crippen MR) is 50.7 cm³/mol. The van der Waals surface area contributed by atoms with Crippen LogP contribution in [0.5, 0.6) is 0 Å². The molecule has 1 heterocycles. The number of hydrogen-bond acceptors (Lipinski definition) is 3. The average molecular weight is 183 g/mol. The van der Waals surface area contributed by atoms with Crippen molar-refractivity contribution >= 4 is 5.84 Å². The lowest BCUT2D eigenvalue weighted by atomic mass is 10.1. The zero-order chi connectivity index (χ0) is 9.42.